The molecular weight excluding hydrogens is 363 g/mol. The number of halogens is 2. The number of methoxy groups -OCH3 is 1. The normalized spacial score (nSPS) is 10.4. The molecule has 0 unspecified atom stereocenters. The predicted octanol–water partition coefficient (Wildman–Crippen LogP) is 3.44. The summed E-state index contributed by atoms with van der Waals surface area (Å²) in [7, 11) is 1.29. The van der Waals surface area contributed by atoms with E-state index in [1.807, 2.05) is 0 Å². The first-order valence-corrected chi connectivity index (χ1v) is 8.08. The van der Waals surface area contributed by atoms with Gasteiger partial charge in [0.15, 0.2) is 5.16 Å². The van der Waals surface area contributed by atoms with E-state index < -0.39 is 11.5 Å². The lowest BCUT2D eigenvalue weighted by Gasteiger charge is -2.10. The maximum Gasteiger partial charge on any atom is 0.316 e. The van der Waals surface area contributed by atoms with Gasteiger partial charge in [-0.05, 0) is 25.1 Å². The second kappa shape index (κ2) is 7.72. The Hall–Kier alpha value is -1.70. The zero-order chi connectivity index (χ0) is 17.0. The molecule has 23 heavy (non-hydrogen) atoms. The molecular formula is C14H12Cl2N2O4S. The minimum atomic E-state index is -0.476. The molecule has 0 bridgehead atoms. The van der Waals surface area contributed by atoms with Crippen LogP contribution in [-0.2, 0) is 9.53 Å². The van der Waals surface area contributed by atoms with E-state index in [1.165, 1.54) is 13.2 Å². The molecule has 0 amide bonds. The number of hydrogen-bond donors (Lipinski definition) is 1. The molecule has 2 aromatic rings. The Morgan fingerprint density at radius 2 is 2.13 bits per heavy atom. The molecule has 0 aliphatic rings. The van der Waals surface area contributed by atoms with Crippen molar-refractivity contribution in [2.45, 2.75) is 12.1 Å². The van der Waals surface area contributed by atoms with Crippen LogP contribution in [-0.4, -0.2) is 28.8 Å². The molecule has 0 saturated heterocycles. The summed E-state index contributed by atoms with van der Waals surface area (Å²) in [5.41, 5.74) is -0.108. The van der Waals surface area contributed by atoms with E-state index in [0.29, 0.717) is 21.6 Å². The number of thioether (sulfide) groups is 1. The van der Waals surface area contributed by atoms with Crippen molar-refractivity contribution in [1.29, 1.82) is 0 Å². The van der Waals surface area contributed by atoms with Crippen LogP contribution in [0.5, 0.6) is 11.5 Å². The van der Waals surface area contributed by atoms with Crippen molar-refractivity contribution in [1.82, 2.24) is 9.97 Å². The monoisotopic (exact) mass is 374 g/mol. The topological polar surface area (TPSA) is 81.3 Å². The van der Waals surface area contributed by atoms with E-state index in [2.05, 4.69) is 14.7 Å². The Morgan fingerprint density at radius 3 is 2.74 bits per heavy atom. The van der Waals surface area contributed by atoms with Crippen LogP contribution >= 0.6 is 35.0 Å². The SMILES string of the molecule is COC(=O)CSc1nc(C)c(Oc2ccc(Cl)cc2Cl)c(=O)[nH]1. The largest absolute Gasteiger partial charge is 0.468 e. The first kappa shape index (κ1) is 17.7. The van der Waals surface area contributed by atoms with Crippen LogP contribution < -0.4 is 10.3 Å². The zero-order valence-electron chi connectivity index (χ0n) is 12.2. The van der Waals surface area contributed by atoms with Crippen LogP contribution in [0.2, 0.25) is 10.0 Å². The van der Waals surface area contributed by atoms with Crippen molar-refractivity contribution in [2.24, 2.45) is 0 Å². The van der Waals surface area contributed by atoms with Crippen LogP contribution in [0.25, 0.3) is 0 Å². The van der Waals surface area contributed by atoms with Crippen LogP contribution in [0.15, 0.2) is 28.2 Å². The molecule has 1 heterocycles. The molecule has 0 atom stereocenters. The van der Waals surface area contributed by atoms with Crippen molar-refractivity contribution < 1.29 is 14.3 Å². The van der Waals surface area contributed by atoms with Gasteiger partial charge in [-0.15, -0.1) is 0 Å². The number of esters is 1. The summed E-state index contributed by atoms with van der Waals surface area (Å²) in [6, 6.07) is 4.67. The summed E-state index contributed by atoms with van der Waals surface area (Å²) in [5, 5.41) is 1.04. The standard InChI is InChI=1S/C14H12Cl2N2O4S/c1-7-12(22-10-4-3-8(15)5-9(10)16)13(20)18-14(17-7)23-6-11(19)21-2/h3-5H,6H2,1-2H3,(H,17,18,20). The summed E-state index contributed by atoms with van der Waals surface area (Å²) >= 11 is 12.9. The number of aromatic amines is 1. The number of rotatable bonds is 5. The highest BCUT2D eigenvalue weighted by molar-refractivity contribution is 7.99. The van der Waals surface area contributed by atoms with Gasteiger partial charge in [-0.1, -0.05) is 35.0 Å². The lowest BCUT2D eigenvalue weighted by atomic mass is 10.3. The minimum absolute atomic E-state index is 0.0247. The lowest BCUT2D eigenvalue weighted by molar-refractivity contribution is -0.137. The van der Waals surface area contributed by atoms with Gasteiger partial charge >= 0.3 is 5.97 Å². The lowest BCUT2D eigenvalue weighted by Crippen LogP contribution is -2.14. The number of hydrogen-bond acceptors (Lipinski definition) is 6. The average molecular weight is 375 g/mol. The van der Waals surface area contributed by atoms with E-state index >= 15 is 0 Å². The second-order valence-electron chi connectivity index (χ2n) is 4.33. The van der Waals surface area contributed by atoms with Crippen molar-refractivity contribution in [2.75, 3.05) is 12.9 Å². The number of carbonyl (C=O) groups excluding carboxylic acids is 1. The third kappa shape index (κ3) is 4.63. The van der Waals surface area contributed by atoms with Crippen molar-refractivity contribution >= 4 is 40.9 Å². The Bertz CT molecular complexity index is 795. The van der Waals surface area contributed by atoms with Gasteiger partial charge < -0.3 is 9.47 Å². The van der Waals surface area contributed by atoms with Gasteiger partial charge in [-0.25, -0.2) is 4.98 Å². The van der Waals surface area contributed by atoms with Crippen molar-refractivity contribution in [3.8, 4) is 11.5 Å². The number of benzene rings is 1. The van der Waals surface area contributed by atoms with Crippen LogP contribution in [0.4, 0.5) is 0 Å². The first-order chi connectivity index (χ1) is 10.9. The van der Waals surface area contributed by atoms with Crippen LogP contribution in [0.3, 0.4) is 0 Å². The van der Waals surface area contributed by atoms with Gasteiger partial charge in [-0.2, -0.15) is 0 Å². The molecule has 122 valence electrons. The smallest absolute Gasteiger partial charge is 0.316 e. The summed E-state index contributed by atoms with van der Waals surface area (Å²) < 4.78 is 10.1. The van der Waals surface area contributed by atoms with E-state index in [4.69, 9.17) is 27.9 Å². The van der Waals surface area contributed by atoms with Gasteiger partial charge in [0, 0.05) is 5.02 Å². The molecule has 0 saturated carbocycles. The highest BCUT2D eigenvalue weighted by atomic mass is 35.5. The fraction of sp³-hybridized carbons (Fsp3) is 0.214. The summed E-state index contributed by atoms with van der Waals surface area (Å²) in [5.74, 6) is -0.0520. The number of H-pyrrole nitrogens is 1. The summed E-state index contributed by atoms with van der Waals surface area (Å²) in [6.07, 6.45) is 0. The van der Waals surface area contributed by atoms with Gasteiger partial charge in [0.05, 0.1) is 23.6 Å². The molecule has 0 aliphatic carbocycles. The minimum Gasteiger partial charge on any atom is -0.468 e. The summed E-state index contributed by atoms with van der Waals surface area (Å²) in [6.45, 7) is 1.62. The highest BCUT2D eigenvalue weighted by Gasteiger charge is 2.14. The predicted molar refractivity (Wildman–Crippen MR) is 88.9 cm³/mol. The quantitative estimate of drug-likeness (QED) is 0.490. The second-order valence-corrected chi connectivity index (χ2v) is 6.13. The first-order valence-electron chi connectivity index (χ1n) is 6.34. The number of carbonyl (C=O) groups is 1. The Balaban J connectivity index is 2.23. The van der Waals surface area contributed by atoms with E-state index in [9.17, 15) is 9.59 Å². The van der Waals surface area contributed by atoms with Crippen molar-refractivity contribution in [3.63, 3.8) is 0 Å². The number of nitrogens with zero attached hydrogens (tertiary/aromatic N) is 1. The average Bonchev–Trinajstić information content (AvgIpc) is 2.50. The molecule has 0 spiro atoms. The zero-order valence-corrected chi connectivity index (χ0v) is 14.5. The number of ether oxygens (including phenoxy) is 2. The molecule has 0 radical (unpaired) electrons. The van der Waals surface area contributed by atoms with Gasteiger partial charge in [0.25, 0.3) is 5.56 Å². The maximum atomic E-state index is 12.1. The van der Waals surface area contributed by atoms with Crippen LogP contribution in [0, 0.1) is 6.92 Å². The number of aryl methyl sites for hydroxylation is 1. The van der Waals surface area contributed by atoms with Gasteiger partial charge in [-0.3, -0.25) is 14.6 Å². The molecule has 9 heteroatoms. The van der Waals surface area contributed by atoms with Gasteiger partial charge in [0.2, 0.25) is 5.75 Å². The maximum absolute atomic E-state index is 12.1. The van der Waals surface area contributed by atoms with Crippen molar-refractivity contribution in [3.05, 3.63) is 44.3 Å². The molecule has 2 rings (SSSR count). The molecule has 1 N–H and O–H groups in total. The molecule has 1 aromatic carbocycles. The molecule has 0 aliphatic heterocycles. The Kier molecular flexibility index (Phi) is 5.92. The fourth-order valence-electron chi connectivity index (χ4n) is 1.59. The number of aromatic nitrogens is 2. The molecule has 0 fully saturated rings. The fourth-order valence-corrected chi connectivity index (χ4v) is 2.78. The highest BCUT2D eigenvalue weighted by Crippen LogP contribution is 2.31. The van der Waals surface area contributed by atoms with E-state index in [1.54, 1.807) is 19.1 Å². The van der Waals surface area contributed by atoms with Crippen LogP contribution in [0.1, 0.15) is 5.69 Å². The number of nitrogens with one attached hydrogen (secondary N) is 1. The Labute approximate surface area is 146 Å². The third-order valence-corrected chi connectivity index (χ3v) is 4.06. The van der Waals surface area contributed by atoms with E-state index in [0.717, 1.165) is 11.8 Å². The summed E-state index contributed by atoms with van der Waals surface area (Å²) in [4.78, 5) is 30.0. The molecule has 6 nitrogen and oxygen atoms in total. The molecule has 1 aromatic heterocycles. The van der Waals surface area contributed by atoms with E-state index in [-0.39, 0.29) is 16.5 Å². The third-order valence-electron chi connectivity index (χ3n) is 2.68. The van der Waals surface area contributed by atoms with Gasteiger partial charge in [0.1, 0.15) is 5.75 Å². The Morgan fingerprint density at radius 1 is 1.39 bits per heavy atom.